The van der Waals surface area contributed by atoms with Gasteiger partial charge < -0.3 is 4.42 Å². The molecule has 0 amide bonds. The summed E-state index contributed by atoms with van der Waals surface area (Å²) >= 11 is 0. The third kappa shape index (κ3) is 3.82. The molecular weight excluding hydrogens is 368 g/mol. The highest BCUT2D eigenvalue weighted by Crippen LogP contribution is 2.27. The summed E-state index contributed by atoms with van der Waals surface area (Å²) in [5.74, 6) is -0.0370. The largest absolute Gasteiger partial charge is 0.436 e. The van der Waals surface area contributed by atoms with Crippen LogP contribution in [-0.2, 0) is 0 Å². The second-order valence-electron chi connectivity index (χ2n) is 6.59. The molecule has 1 aromatic heterocycles. The van der Waals surface area contributed by atoms with E-state index >= 15 is 0 Å². The Balaban J connectivity index is 1.82. The molecule has 0 N–H and O–H groups in total. The van der Waals surface area contributed by atoms with E-state index in [1.807, 2.05) is 37.3 Å². The van der Waals surface area contributed by atoms with Gasteiger partial charge in [-0.2, -0.15) is 0 Å². The van der Waals surface area contributed by atoms with Crippen molar-refractivity contribution in [3.63, 3.8) is 0 Å². The van der Waals surface area contributed by atoms with E-state index in [1.54, 1.807) is 36.4 Å². The minimum Gasteiger partial charge on any atom is -0.436 e. The summed E-state index contributed by atoms with van der Waals surface area (Å²) in [6, 6.07) is 20.5. The number of oxazole rings is 1. The van der Waals surface area contributed by atoms with Gasteiger partial charge in [0.25, 0.3) is 5.69 Å². The van der Waals surface area contributed by atoms with E-state index in [9.17, 15) is 14.9 Å². The second-order valence-corrected chi connectivity index (χ2v) is 6.59. The molecule has 0 bridgehead atoms. The summed E-state index contributed by atoms with van der Waals surface area (Å²) in [7, 11) is 0. The van der Waals surface area contributed by atoms with Crippen molar-refractivity contribution in [3.8, 4) is 0 Å². The van der Waals surface area contributed by atoms with Crippen molar-refractivity contribution in [2.75, 3.05) is 0 Å². The van der Waals surface area contributed by atoms with Crippen LogP contribution in [0.4, 0.5) is 5.69 Å². The number of carbonyl (C=O) groups is 1. The van der Waals surface area contributed by atoms with Crippen LogP contribution >= 0.6 is 0 Å². The van der Waals surface area contributed by atoms with Gasteiger partial charge in [-0.3, -0.25) is 14.9 Å². The van der Waals surface area contributed by atoms with E-state index in [0.29, 0.717) is 22.2 Å². The van der Waals surface area contributed by atoms with Crippen molar-refractivity contribution in [2.45, 2.75) is 6.92 Å². The number of nitro benzene ring substituents is 1. The molecule has 0 aliphatic rings. The van der Waals surface area contributed by atoms with Gasteiger partial charge in [0.1, 0.15) is 5.52 Å². The maximum Gasteiger partial charge on any atom is 0.269 e. The van der Waals surface area contributed by atoms with Gasteiger partial charge >= 0.3 is 0 Å². The normalized spacial score (nSPS) is 11.6. The van der Waals surface area contributed by atoms with Gasteiger partial charge in [-0.15, -0.1) is 0 Å². The van der Waals surface area contributed by atoms with Crippen LogP contribution in [-0.4, -0.2) is 15.7 Å². The van der Waals surface area contributed by atoms with E-state index in [0.717, 1.165) is 5.56 Å². The van der Waals surface area contributed by atoms with Gasteiger partial charge in [-0.1, -0.05) is 42.0 Å². The van der Waals surface area contributed by atoms with Crippen LogP contribution in [0.5, 0.6) is 0 Å². The molecule has 1 heterocycles. The minimum atomic E-state index is -0.466. The van der Waals surface area contributed by atoms with Gasteiger partial charge in [0, 0.05) is 17.7 Å². The van der Waals surface area contributed by atoms with Crippen molar-refractivity contribution >= 4 is 34.2 Å². The van der Waals surface area contributed by atoms with Crippen molar-refractivity contribution in [3.05, 3.63) is 105 Å². The van der Waals surface area contributed by atoms with Crippen LogP contribution in [0.3, 0.4) is 0 Å². The molecule has 4 aromatic rings. The molecule has 4 rings (SSSR count). The van der Waals surface area contributed by atoms with Crippen LogP contribution in [0.1, 0.15) is 27.4 Å². The Morgan fingerprint density at radius 3 is 2.34 bits per heavy atom. The average Bonchev–Trinajstić information content (AvgIpc) is 3.16. The number of allylic oxidation sites excluding steroid dienone is 1. The lowest BCUT2D eigenvalue weighted by Crippen LogP contribution is -2.03. The second kappa shape index (κ2) is 7.52. The topological polar surface area (TPSA) is 86.2 Å². The van der Waals surface area contributed by atoms with E-state index < -0.39 is 4.92 Å². The van der Waals surface area contributed by atoms with Gasteiger partial charge in [-0.05, 0) is 42.8 Å². The Kier molecular flexibility index (Phi) is 4.75. The minimum absolute atomic E-state index is 0.0181. The Morgan fingerprint density at radius 2 is 1.69 bits per heavy atom. The zero-order valence-electron chi connectivity index (χ0n) is 15.5. The summed E-state index contributed by atoms with van der Waals surface area (Å²) in [6.45, 7) is 1.95. The Hall–Kier alpha value is -4.06. The standard InChI is InChI=1S/C23H16N2O4/c1-15-6-10-17(11-7-15)22(26)19(14-16-8-12-18(13-9-16)25(27)28)23-24-20-4-2-3-5-21(20)29-23/h2-14H,1H3/b19-14+. The average molecular weight is 384 g/mol. The SMILES string of the molecule is Cc1ccc(C(=O)/C(=C\c2ccc([N+](=O)[O-])cc2)c2nc3ccccc3o2)cc1. The number of non-ortho nitro benzene ring substituents is 1. The number of aromatic nitrogens is 1. The third-order valence-corrected chi connectivity index (χ3v) is 4.50. The molecule has 0 unspecified atom stereocenters. The molecule has 0 saturated carbocycles. The number of rotatable bonds is 5. The van der Waals surface area contributed by atoms with Gasteiger partial charge in [0.15, 0.2) is 11.4 Å². The Bertz CT molecular complexity index is 1200. The van der Waals surface area contributed by atoms with E-state index in [2.05, 4.69) is 4.98 Å². The highest BCUT2D eigenvalue weighted by molar-refractivity contribution is 6.31. The number of nitrogens with zero attached hydrogens (tertiary/aromatic N) is 2. The molecule has 0 radical (unpaired) electrons. The monoisotopic (exact) mass is 384 g/mol. The highest BCUT2D eigenvalue weighted by Gasteiger charge is 2.20. The summed E-state index contributed by atoms with van der Waals surface area (Å²) < 4.78 is 5.82. The van der Waals surface area contributed by atoms with Crippen LogP contribution in [0.2, 0.25) is 0 Å². The summed E-state index contributed by atoms with van der Waals surface area (Å²) in [6.07, 6.45) is 1.64. The Morgan fingerprint density at radius 1 is 1.00 bits per heavy atom. The number of hydrogen-bond donors (Lipinski definition) is 0. The van der Waals surface area contributed by atoms with Crippen LogP contribution < -0.4 is 0 Å². The first-order valence-corrected chi connectivity index (χ1v) is 8.95. The first-order valence-electron chi connectivity index (χ1n) is 8.95. The van der Waals surface area contributed by atoms with Crippen molar-refractivity contribution in [1.29, 1.82) is 0 Å². The first-order chi connectivity index (χ1) is 14.0. The van der Waals surface area contributed by atoms with Crippen molar-refractivity contribution in [1.82, 2.24) is 4.98 Å². The molecule has 6 nitrogen and oxygen atoms in total. The fourth-order valence-electron chi connectivity index (χ4n) is 2.93. The molecule has 0 spiro atoms. The van der Waals surface area contributed by atoms with Crippen molar-refractivity contribution in [2.24, 2.45) is 0 Å². The molecule has 6 heteroatoms. The first kappa shape index (κ1) is 18.3. The van der Waals surface area contributed by atoms with E-state index in [-0.39, 0.29) is 22.9 Å². The predicted molar refractivity (Wildman–Crippen MR) is 110 cm³/mol. The molecule has 29 heavy (non-hydrogen) atoms. The fraction of sp³-hybridized carbons (Fsp3) is 0.0435. The predicted octanol–water partition coefficient (Wildman–Crippen LogP) is 5.47. The third-order valence-electron chi connectivity index (χ3n) is 4.50. The van der Waals surface area contributed by atoms with Crippen molar-refractivity contribution < 1.29 is 14.1 Å². The zero-order chi connectivity index (χ0) is 20.4. The lowest BCUT2D eigenvalue weighted by Gasteiger charge is -2.05. The highest BCUT2D eigenvalue weighted by atomic mass is 16.6. The summed E-state index contributed by atoms with van der Waals surface area (Å²) in [5.41, 5.74) is 3.67. The number of para-hydroxylation sites is 2. The van der Waals surface area contributed by atoms with Crippen LogP contribution in [0.15, 0.2) is 77.2 Å². The summed E-state index contributed by atoms with van der Waals surface area (Å²) in [5, 5.41) is 10.9. The fourth-order valence-corrected chi connectivity index (χ4v) is 2.93. The molecule has 0 atom stereocenters. The molecule has 0 aliphatic carbocycles. The zero-order valence-corrected chi connectivity index (χ0v) is 15.5. The number of fused-ring (bicyclic) bond motifs is 1. The number of hydrogen-bond acceptors (Lipinski definition) is 5. The molecule has 142 valence electrons. The Labute approximate surface area is 166 Å². The lowest BCUT2D eigenvalue weighted by atomic mass is 10.00. The molecule has 0 saturated heterocycles. The van der Waals surface area contributed by atoms with Crippen LogP contribution in [0.25, 0.3) is 22.7 Å². The maximum atomic E-state index is 13.2. The number of aryl methyl sites for hydroxylation is 1. The summed E-state index contributed by atoms with van der Waals surface area (Å²) in [4.78, 5) is 28.1. The number of ketones is 1. The van der Waals surface area contributed by atoms with E-state index in [1.165, 1.54) is 12.1 Å². The number of benzene rings is 3. The maximum absolute atomic E-state index is 13.2. The van der Waals surface area contributed by atoms with Gasteiger partial charge in [0.2, 0.25) is 5.89 Å². The number of carbonyl (C=O) groups excluding carboxylic acids is 1. The quantitative estimate of drug-likeness (QED) is 0.197. The van der Waals surface area contributed by atoms with E-state index in [4.69, 9.17) is 4.42 Å². The number of Topliss-reactive ketones (excluding diaryl/α,β-unsaturated/α-hetero) is 1. The van der Waals surface area contributed by atoms with Crippen LogP contribution in [0, 0.1) is 17.0 Å². The van der Waals surface area contributed by atoms with Gasteiger partial charge in [0.05, 0.1) is 10.5 Å². The molecular formula is C23H16N2O4. The molecule has 0 aliphatic heterocycles. The lowest BCUT2D eigenvalue weighted by molar-refractivity contribution is -0.384. The number of nitro groups is 1. The molecule has 0 fully saturated rings. The van der Waals surface area contributed by atoms with Gasteiger partial charge in [-0.25, -0.2) is 4.98 Å². The smallest absolute Gasteiger partial charge is 0.269 e. The molecule has 3 aromatic carbocycles.